The Hall–Kier alpha value is -0.200. The molecule has 0 amide bonds. The normalized spacial score (nSPS) is 48.0. The first-order valence-electron chi connectivity index (χ1n) is 3.04. The number of aliphatic hydroxyl groups excluding tert-OH is 3. The molecule has 1 fully saturated rings. The van der Waals surface area contributed by atoms with Gasteiger partial charge in [-0.25, -0.2) is 0 Å². The molecular weight excluding hydrogens is 138 g/mol. The van der Waals surface area contributed by atoms with Crippen molar-refractivity contribution in [1.82, 2.24) is 5.32 Å². The van der Waals surface area contributed by atoms with Gasteiger partial charge in [-0.3, -0.25) is 5.32 Å². The Morgan fingerprint density at radius 3 is 2.30 bits per heavy atom. The Balaban J connectivity index is 2.64. The van der Waals surface area contributed by atoms with Gasteiger partial charge in [-0.05, 0) is 0 Å². The second-order valence-electron chi connectivity index (χ2n) is 2.48. The first kappa shape index (κ1) is 7.90. The summed E-state index contributed by atoms with van der Waals surface area (Å²) < 4.78 is 0. The molecule has 10 heavy (non-hydrogen) atoms. The van der Waals surface area contributed by atoms with Crippen molar-refractivity contribution in [3.8, 4) is 0 Å². The maximum atomic E-state index is 9.17. The fraction of sp³-hybridized carbons (Fsp3) is 1.00. The summed E-state index contributed by atoms with van der Waals surface area (Å²) in [5.74, 6) is 0. The number of hydrogen-bond acceptors (Lipinski definition) is 5. The highest BCUT2D eigenvalue weighted by atomic mass is 16.4. The van der Waals surface area contributed by atoms with Gasteiger partial charge >= 0.3 is 0 Å². The van der Waals surface area contributed by atoms with E-state index in [4.69, 9.17) is 20.4 Å². The van der Waals surface area contributed by atoms with E-state index in [0.29, 0.717) is 0 Å². The lowest BCUT2D eigenvalue weighted by Crippen LogP contribution is -2.52. The van der Waals surface area contributed by atoms with Crippen molar-refractivity contribution in [1.29, 1.82) is 0 Å². The van der Waals surface area contributed by atoms with Crippen LogP contribution in [-0.2, 0) is 0 Å². The van der Waals surface area contributed by atoms with Crippen molar-refractivity contribution >= 4 is 0 Å². The molecule has 1 saturated heterocycles. The van der Waals surface area contributed by atoms with Crippen molar-refractivity contribution in [2.45, 2.75) is 17.9 Å². The molecule has 5 heteroatoms. The first-order valence-corrected chi connectivity index (χ1v) is 3.04. The van der Waals surface area contributed by atoms with Gasteiger partial charge in [-0.1, -0.05) is 0 Å². The molecule has 3 atom stereocenters. The van der Waals surface area contributed by atoms with E-state index in [0.717, 1.165) is 0 Å². The molecule has 0 radical (unpaired) electrons. The van der Waals surface area contributed by atoms with E-state index in [1.807, 2.05) is 0 Å². The average Bonchev–Trinajstić information content (AvgIpc) is 2.19. The van der Waals surface area contributed by atoms with E-state index >= 15 is 0 Å². The van der Waals surface area contributed by atoms with Crippen LogP contribution in [-0.4, -0.2) is 51.5 Å². The van der Waals surface area contributed by atoms with Crippen LogP contribution in [0.15, 0.2) is 0 Å². The van der Waals surface area contributed by atoms with Crippen LogP contribution in [0.5, 0.6) is 0 Å². The van der Waals surface area contributed by atoms with Gasteiger partial charge in [0.25, 0.3) is 0 Å². The Morgan fingerprint density at radius 2 is 2.10 bits per heavy atom. The molecule has 60 valence electrons. The number of aliphatic hydroxyl groups is 4. The van der Waals surface area contributed by atoms with Gasteiger partial charge in [0.2, 0.25) is 0 Å². The zero-order chi connectivity index (χ0) is 7.78. The van der Waals surface area contributed by atoms with E-state index in [-0.39, 0.29) is 6.54 Å². The molecular formula is C5H11NO4. The molecule has 1 aliphatic heterocycles. The molecule has 1 rings (SSSR count). The third-order valence-corrected chi connectivity index (χ3v) is 1.71. The zero-order valence-corrected chi connectivity index (χ0v) is 5.36. The third-order valence-electron chi connectivity index (χ3n) is 1.71. The molecule has 5 nitrogen and oxygen atoms in total. The van der Waals surface area contributed by atoms with Crippen LogP contribution in [0.3, 0.4) is 0 Å². The minimum absolute atomic E-state index is 0.0955. The van der Waals surface area contributed by atoms with Crippen molar-refractivity contribution in [3.63, 3.8) is 0 Å². The Bertz CT molecular complexity index is 131. The number of nitrogens with one attached hydrogen (secondary N) is 1. The van der Waals surface area contributed by atoms with Crippen LogP contribution < -0.4 is 5.32 Å². The molecule has 0 spiro atoms. The second-order valence-corrected chi connectivity index (χ2v) is 2.48. The highest BCUT2D eigenvalue weighted by molar-refractivity contribution is 4.96. The van der Waals surface area contributed by atoms with Gasteiger partial charge in [0.1, 0.15) is 6.10 Å². The molecule has 0 aromatic heterocycles. The zero-order valence-electron chi connectivity index (χ0n) is 5.36. The SMILES string of the molecule is OC[C@@]1(O)NC[C@H](O)[C@H]1O. The minimum atomic E-state index is -1.72. The number of rotatable bonds is 1. The molecule has 0 bridgehead atoms. The van der Waals surface area contributed by atoms with Crippen LogP contribution in [0.25, 0.3) is 0 Å². The molecule has 0 saturated carbocycles. The highest BCUT2D eigenvalue weighted by Gasteiger charge is 2.45. The largest absolute Gasteiger partial charge is 0.392 e. The van der Waals surface area contributed by atoms with Crippen molar-refractivity contribution in [2.24, 2.45) is 0 Å². The maximum absolute atomic E-state index is 9.17. The highest BCUT2D eigenvalue weighted by Crippen LogP contribution is 2.16. The van der Waals surface area contributed by atoms with Crippen molar-refractivity contribution < 1.29 is 20.4 Å². The second kappa shape index (κ2) is 2.44. The fourth-order valence-electron chi connectivity index (χ4n) is 0.965. The van der Waals surface area contributed by atoms with Gasteiger partial charge in [0, 0.05) is 6.54 Å². The van der Waals surface area contributed by atoms with Crippen LogP contribution in [0.2, 0.25) is 0 Å². The monoisotopic (exact) mass is 149 g/mol. The summed E-state index contributed by atoms with van der Waals surface area (Å²) in [6.07, 6.45) is -2.31. The van der Waals surface area contributed by atoms with Gasteiger partial charge in [0.15, 0.2) is 5.72 Å². The molecule has 1 aliphatic rings. The summed E-state index contributed by atoms with van der Waals surface area (Å²) in [4.78, 5) is 0. The van der Waals surface area contributed by atoms with E-state index in [1.54, 1.807) is 0 Å². The smallest absolute Gasteiger partial charge is 0.168 e. The molecule has 0 aromatic rings. The van der Waals surface area contributed by atoms with Crippen molar-refractivity contribution in [3.05, 3.63) is 0 Å². The lowest BCUT2D eigenvalue weighted by molar-refractivity contribution is -0.121. The lowest BCUT2D eigenvalue weighted by Gasteiger charge is -2.24. The van der Waals surface area contributed by atoms with Crippen molar-refractivity contribution in [2.75, 3.05) is 13.2 Å². The summed E-state index contributed by atoms with van der Waals surface area (Å²) in [7, 11) is 0. The Kier molecular flexibility index (Phi) is 1.93. The summed E-state index contributed by atoms with van der Waals surface area (Å²) in [5.41, 5.74) is -1.72. The fourth-order valence-corrected chi connectivity index (χ4v) is 0.965. The van der Waals surface area contributed by atoms with Gasteiger partial charge in [-0.2, -0.15) is 0 Å². The van der Waals surface area contributed by atoms with Gasteiger partial charge in [-0.15, -0.1) is 0 Å². The van der Waals surface area contributed by atoms with Crippen LogP contribution in [0.4, 0.5) is 0 Å². The first-order chi connectivity index (χ1) is 4.60. The van der Waals surface area contributed by atoms with E-state index < -0.39 is 24.5 Å². The van der Waals surface area contributed by atoms with Crippen LogP contribution in [0, 0.1) is 0 Å². The summed E-state index contributed by atoms with van der Waals surface area (Å²) in [5, 5.41) is 38.0. The molecule has 0 aliphatic carbocycles. The lowest BCUT2D eigenvalue weighted by atomic mass is 10.1. The summed E-state index contributed by atoms with van der Waals surface area (Å²) in [6.45, 7) is -0.510. The molecule has 1 heterocycles. The van der Waals surface area contributed by atoms with Gasteiger partial charge in [0.05, 0.1) is 12.7 Å². The number of β-amino-alcohol motifs (C(OH)–C–C–N with tert-alkyl or cyclic N) is 1. The van der Waals surface area contributed by atoms with E-state index in [1.165, 1.54) is 0 Å². The third kappa shape index (κ3) is 1.02. The van der Waals surface area contributed by atoms with E-state index in [2.05, 4.69) is 5.32 Å². The Labute approximate surface area is 57.9 Å². The minimum Gasteiger partial charge on any atom is -0.392 e. The maximum Gasteiger partial charge on any atom is 0.168 e. The average molecular weight is 149 g/mol. The topological polar surface area (TPSA) is 93.0 Å². The summed E-state index contributed by atoms with van der Waals surface area (Å²) in [6, 6.07) is 0. The predicted octanol–water partition coefficient (Wildman–Crippen LogP) is -3.01. The van der Waals surface area contributed by atoms with Crippen LogP contribution in [0.1, 0.15) is 0 Å². The molecule has 5 N–H and O–H groups in total. The Morgan fingerprint density at radius 1 is 1.50 bits per heavy atom. The van der Waals surface area contributed by atoms with Gasteiger partial charge < -0.3 is 20.4 Å². The summed E-state index contributed by atoms with van der Waals surface area (Å²) >= 11 is 0. The standard InChI is InChI=1S/C5H11NO4/c7-2-5(10)4(9)3(8)1-6-5/h3-4,6-10H,1-2H2/t3-,4+,5-/m0/s1. The van der Waals surface area contributed by atoms with E-state index in [9.17, 15) is 0 Å². The quantitative estimate of drug-likeness (QED) is 0.274. The number of hydrogen-bond donors (Lipinski definition) is 5. The molecule has 0 aromatic carbocycles. The van der Waals surface area contributed by atoms with Crippen LogP contribution >= 0.6 is 0 Å². The molecule has 0 unspecified atom stereocenters. The predicted molar refractivity (Wildman–Crippen MR) is 32.1 cm³/mol.